The molecule has 5 nitrogen and oxygen atoms in total. The first-order valence-corrected chi connectivity index (χ1v) is 6.75. The Bertz CT molecular complexity index is 490. The minimum absolute atomic E-state index is 0. The van der Waals surface area contributed by atoms with Crippen molar-refractivity contribution in [1.82, 2.24) is 4.90 Å². The van der Waals surface area contributed by atoms with Crippen LogP contribution in [0.5, 0.6) is 0 Å². The summed E-state index contributed by atoms with van der Waals surface area (Å²) in [5, 5.41) is 2.67. The molecule has 1 aliphatic rings. The second-order valence-electron chi connectivity index (χ2n) is 4.64. The van der Waals surface area contributed by atoms with Crippen LogP contribution in [0.2, 0.25) is 5.02 Å². The summed E-state index contributed by atoms with van der Waals surface area (Å²) in [5.41, 5.74) is 6.03. The van der Waals surface area contributed by atoms with Crippen molar-refractivity contribution in [2.24, 2.45) is 5.73 Å². The van der Waals surface area contributed by atoms with E-state index in [2.05, 4.69) is 5.32 Å². The van der Waals surface area contributed by atoms with Crippen LogP contribution in [-0.2, 0) is 9.53 Å². The summed E-state index contributed by atoms with van der Waals surface area (Å²) >= 11 is 5.66. The molecule has 0 aromatic heterocycles. The average Bonchev–Trinajstić information content (AvgIpc) is 2.43. The largest absolute Gasteiger partial charge is 0.374 e. The predicted octanol–water partition coefficient (Wildman–Crippen LogP) is 1.50. The Balaban J connectivity index is 0.00000220. The van der Waals surface area contributed by atoms with Crippen LogP contribution >= 0.6 is 24.0 Å². The van der Waals surface area contributed by atoms with E-state index in [1.54, 1.807) is 0 Å². The number of anilines is 1. The molecular formula is C13H18Cl2FN3O2. The lowest BCUT2D eigenvalue weighted by Gasteiger charge is -2.31. The number of nitrogens with zero attached hydrogens (tertiary/aromatic N) is 1. The summed E-state index contributed by atoms with van der Waals surface area (Å²) in [4.78, 5) is 13.9. The fourth-order valence-corrected chi connectivity index (χ4v) is 2.22. The molecule has 1 atom stereocenters. The predicted molar refractivity (Wildman–Crippen MR) is 82.5 cm³/mol. The number of hydrogen-bond acceptors (Lipinski definition) is 4. The van der Waals surface area contributed by atoms with Crippen molar-refractivity contribution >= 4 is 35.6 Å². The van der Waals surface area contributed by atoms with Crippen molar-refractivity contribution in [3.8, 4) is 0 Å². The van der Waals surface area contributed by atoms with Gasteiger partial charge >= 0.3 is 0 Å². The van der Waals surface area contributed by atoms with E-state index < -0.39 is 5.82 Å². The van der Waals surface area contributed by atoms with Gasteiger partial charge in [0, 0.05) is 25.3 Å². The fourth-order valence-electron chi connectivity index (χ4n) is 2.04. The maximum Gasteiger partial charge on any atom is 0.238 e. The van der Waals surface area contributed by atoms with E-state index in [1.807, 2.05) is 4.90 Å². The van der Waals surface area contributed by atoms with Crippen molar-refractivity contribution in [3.63, 3.8) is 0 Å². The molecule has 1 aliphatic heterocycles. The van der Waals surface area contributed by atoms with Gasteiger partial charge in [0.05, 0.1) is 24.3 Å². The van der Waals surface area contributed by atoms with Crippen molar-refractivity contribution in [3.05, 3.63) is 29.0 Å². The van der Waals surface area contributed by atoms with E-state index in [-0.39, 0.29) is 36.0 Å². The maximum absolute atomic E-state index is 13.0. The third-order valence-electron chi connectivity index (χ3n) is 3.06. The SMILES string of the molecule is Cl.NCC1CN(CC(=O)Nc2ccc(F)c(Cl)c2)CCO1. The Kier molecular flexibility index (Phi) is 7.34. The van der Waals surface area contributed by atoms with Gasteiger partial charge in [0.15, 0.2) is 0 Å². The lowest BCUT2D eigenvalue weighted by atomic mass is 10.2. The average molecular weight is 338 g/mol. The summed E-state index contributed by atoms with van der Waals surface area (Å²) < 4.78 is 18.4. The zero-order chi connectivity index (χ0) is 14.5. The summed E-state index contributed by atoms with van der Waals surface area (Å²) in [7, 11) is 0. The number of benzene rings is 1. The summed E-state index contributed by atoms with van der Waals surface area (Å²) in [6, 6.07) is 4.08. The molecule has 0 radical (unpaired) electrons. The van der Waals surface area contributed by atoms with Crippen LogP contribution in [0.3, 0.4) is 0 Å². The number of halogens is 3. The Morgan fingerprint density at radius 3 is 3.00 bits per heavy atom. The smallest absolute Gasteiger partial charge is 0.238 e. The topological polar surface area (TPSA) is 67.6 Å². The lowest BCUT2D eigenvalue weighted by molar-refractivity contribution is -0.119. The quantitative estimate of drug-likeness (QED) is 0.873. The van der Waals surface area contributed by atoms with E-state index in [0.29, 0.717) is 31.9 Å². The standard InChI is InChI=1S/C13H17ClFN3O2.ClH/c14-11-5-9(1-2-12(11)15)17-13(19)8-18-3-4-20-10(6-16)7-18;/h1-2,5,10H,3-4,6-8,16H2,(H,17,19);1H. The maximum atomic E-state index is 13.0. The van der Waals surface area contributed by atoms with Crippen molar-refractivity contribution in [2.45, 2.75) is 6.10 Å². The number of amides is 1. The number of morpholine rings is 1. The van der Waals surface area contributed by atoms with Gasteiger partial charge in [0.2, 0.25) is 5.91 Å². The molecule has 1 saturated heterocycles. The van der Waals surface area contributed by atoms with Crippen LogP contribution in [0.4, 0.5) is 10.1 Å². The number of carbonyl (C=O) groups is 1. The Morgan fingerprint density at radius 2 is 2.33 bits per heavy atom. The molecule has 0 aliphatic carbocycles. The molecule has 1 fully saturated rings. The number of ether oxygens (including phenoxy) is 1. The molecule has 8 heteroatoms. The molecule has 1 heterocycles. The number of nitrogens with one attached hydrogen (secondary N) is 1. The molecule has 1 aromatic rings. The first-order valence-electron chi connectivity index (χ1n) is 6.37. The molecule has 1 unspecified atom stereocenters. The van der Waals surface area contributed by atoms with Crippen LogP contribution in [-0.4, -0.2) is 49.7 Å². The highest BCUT2D eigenvalue weighted by molar-refractivity contribution is 6.31. The van der Waals surface area contributed by atoms with Gasteiger partial charge in [-0.25, -0.2) is 4.39 Å². The minimum atomic E-state index is -0.511. The summed E-state index contributed by atoms with van der Waals surface area (Å²) in [5.74, 6) is -0.686. The Labute approximate surface area is 134 Å². The zero-order valence-electron chi connectivity index (χ0n) is 11.4. The third-order valence-corrected chi connectivity index (χ3v) is 3.35. The van der Waals surface area contributed by atoms with Crippen LogP contribution in [0.15, 0.2) is 18.2 Å². The molecule has 118 valence electrons. The minimum Gasteiger partial charge on any atom is -0.374 e. The number of nitrogens with two attached hydrogens (primary N) is 1. The first kappa shape index (κ1) is 18.1. The normalized spacial score (nSPS) is 18.9. The van der Waals surface area contributed by atoms with Crippen LogP contribution in [0, 0.1) is 5.82 Å². The first-order chi connectivity index (χ1) is 9.58. The highest BCUT2D eigenvalue weighted by atomic mass is 35.5. The Morgan fingerprint density at radius 1 is 1.57 bits per heavy atom. The lowest BCUT2D eigenvalue weighted by Crippen LogP contribution is -2.48. The zero-order valence-corrected chi connectivity index (χ0v) is 12.9. The van der Waals surface area contributed by atoms with Gasteiger partial charge in [-0.1, -0.05) is 11.6 Å². The van der Waals surface area contributed by atoms with Gasteiger partial charge in [0.25, 0.3) is 0 Å². The Hall–Kier alpha value is -0.920. The highest BCUT2D eigenvalue weighted by Gasteiger charge is 2.21. The van der Waals surface area contributed by atoms with Crippen LogP contribution in [0.25, 0.3) is 0 Å². The van der Waals surface area contributed by atoms with E-state index >= 15 is 0 Å². The van der Waals surface area contributed by atoms with E-state index in [1.165, 1.54) is 18.2 Å². The molecule has 0 saturated carbocycles. The molecule has 1 aromatic carbocycles. The second-order valence-corrected chi connectivity index (χ2v) is 5.05. The van der Waals surface area contributed by atoms with Crippen molar-refractivity contribution < 1.29 is 13.9 Å². The number of carbonyl (C=O) groups excluding carboxylic acids is 1. The van der Waals surface area contributed by atoms with Gasteiger partial charge in [-0.3, -0.25) is 9.69 Å². The van der Waals surface area contributed by atoms with Crippen molar-refractivity contribution in [2.75, 3.05) is 38.1 Å². The molecule has 2 rings (SSSR count). The molecule has 1 amide bonds. The number of rotatable bonds is 4. The van der Waals surface area contributed by atoms with Gasteiger partial charge in [-0.2, -0.15) is 0 Å². The van der Waals surface area contributed by atoms with Crippen LogP contribution < -0.4 is 11.1 Å². The van der Waals surface area contributed by atoms with Crippen LogP contribution in [0.1, 0.15) is 0 Å². The van der Waals surface area contributed by atoms with Gasteiger partial charge in [-0.15, -0.1) is 12.4 Å². The molecule has 0 spiro atoms. The molecular weight excluding hydrogens is 320 g/mol. The third kappa shape index (κ3) is 5.41. The molecule has 0 bridgehead atoms. The molecule has 3 N–H and O–H groups in total. The molecule has 21 heavy (non-hydrogen) atoms. The number of hydrogen-bond donors (Lipinski definition) is 2. The second kappa shape index (κ2) is 8.51. The van der Waals surface area contributed by atoms with Crippen molar-refractivity contribution in [1.29, 1.82) is 0 Å². The summed E-state index contributed by atoms with van der Waals surface area (Å²) in [6.07, 6.45) is -0.0307. The van der Waals surface area contributed by atoms with Gasteiger partial charge in [-0.05, 0) is 18.2 Å². The van der Waals surface area contributed by atoms with Gasteiger partial charge in [0.1, 0.15) is 5.82 Å². The fraction of sp³-hybridized carbons (Fsp3) is 0.462. The van der Waals surface area contributed by atoms with Gasteiger partial charge < -0.3 is 15.8 Å². The van der Waals surface area contributed by atoms with E-state index in [9.17, 15) is 9.18 Å². The van der Waals surface area contributed by atoms with E-state index in [0.717, 1.165) is 0 Å². The highest BCUT2D eigenvalue weighted by Crippen LogP contribution is 2.19. The van der Waals surface area contributed by atoms with E-state index in [4.69, 9.17) is 22.1 Å². The summed E-state index contributed by atoms with van der Waals surface area (Å²) in [6.45, 7) is 2.57. The monoisotopic (exact) mass is 337 g/mol.